The predicted molar refractivity (Wildman–Crippen MR) is 72.9 cm³/mol. The minimum atomic E-state index is -0.435. The average Bonchev–Trinajstić information content (AvgIpc) is 2.39. The molecule has 1 rings (SSSR count). The Bertz CT molecular complexity index is 398. The summed E-state index contributed by atoms with van der Waals surface area (Å²) in [5, 5.41) is 0.566. The van der Waals surface area contributed by atoms with Crippen molar-refractivity contribution < 1.29 is 9.53 Å². The lowest BCUT2D eigenvalue weighted by molar-refractivity contribution is -0.131. The third-order valence-electron chi connectivity index (χ3n) is 2.65. The summed E-state index contributed by atoms with van der Waals surface area (Å²) in [4.78, 5) is 13.3. The molecule has 0 heterocycles. The first-order valence-electron chi connectivity index (χ1n) is 5.94. The molecule has 1 amide bonds. The fourth-order valence-electron chi connectivity index (χ4n) is 1.42. The van der Waals surface area contributed by atoms with Crippen molar-refractivity contribution in [1.29, 1.82) is 0 Å². The molecule has 0 radical (unpaired) electrons. The van der Waals surface area contributed by atoms with Crippen LogP contribution >= 0.6 is 11.6 Å². The minimum Gasteiger partial charge on any atom is -0.490 e. The zero-order chi connectivity index (χ0) is 13.5. The van der Waals surface area contributed by atoms with Gasteiger partial charge in [-0.05, 0) is 18.6 Å². The number of likely N-dealkylation sites (N-methyl/N-ethyl adjacent to an activating group) is 1. The number of rotatable bonds is 6. The lowest BCUT2D eigenvalue weighted by atomic mass is 10.2. The van der Waals surface area contributed by atoms with E-state index in [0.29, 0.717) is 30.3 Å². The van der Waals surface area contributed by atoms with Gasteiger partial charge in [0.25, 0.3) is 0 Å². The number of nitrogens with zero attached hydrogens (tertiary/aromatic N) is 1. The first kappa shape index (κ1) is 14.8. The van der Waals surface area contributed by atoms with Crippen LogP contribution < -0.4 is 10.5 Å². The molecule has 0 unspecified atom stereocenters. The smallest absolute Gasteiger partial charge is 0.239 e. The third kappa shape index (κ3) is 4.20. The van der Waals surface area contributed by atoms with Crippen molar-refractivity contribution in [2.75, 3.05) is 20.2 Å². The van der Waals surface area contributed by atoms with Crippen LogP contribution in [0.15, 0.2) is 24.3 Å². The molecular formula is C13H19ClN2O2. The van der Waals surface area contributed by atoms with Gasteiger partial charge in [-0.1, -0.05) is 30.7 Å². The Kier molecular flexibility index (Phi) is 5.95. The topological polar surface area (TPSA) is 55.6 Å². The average molecular weight is 271 g/mol. The van der Waals surface area contributed by atoms with E-state index in [1.807, 2.05) is 19.1 Å². The number of amides is 1. The predicted octanol–water partition coefficient (Wildman–Crippen LogP) is 1.91. The van der Waals surface area contributed by atoms with Crippen LogP contribution in [0, 0.1) is 0 Å². The molecule has 0 aliphatic carbocycles. The molecule has 0 saturated carbocycles. The van der Waals surface area contributed by atoms with E-state index in [-0.39, 0.29) is 5.91 Å². The molecule has 2 N–H and O–H groups in total. The molecule has 0 aliphatic heterocycles. The standard InChI is InChI=1S/C13H19ClN2O2/c1-3-11(15)13(17)16(2)8-9-18-12-7-5-4-6-10(12)14/h4-7,11H,3,8-9,15H2,1-2H3/t11-/m1/s1. The third-order valence-corrected chi connectivity index (χ3v) is 2.97. The van der Waals surface area contributed by atoms with E-state index < -0.39 is 6.04 Å². The van der Waals surface area contributed by atoms with Crippen LogP contribution in [0.5, 0.6) is 5.75 Å². The van der Waals surface area contributed by atoms with Gasteiger partial charge in [-0.2, -0.15) is 0 Å². The van der Waals surface area contributed by atoms with Crippen LogP contribution in [-0.2, 0) is 4.79 Å². The lowest BCUT2D eigenvalue weighted by Gasteiger charge is -2.20. The number of carbonyl (C=O) groups excluding carboxylic acids is 1. The minimum absolute atomic E-state index is 0.0692. The number of halogens is 1. The molecule has 0 spiro atoms. The second kappa shape index (κ2) is 7.24. The summed E-state index contributed by atoms with van der Waals surface area (Å²) in [5.74, 6) is 0.556. The Morgan fingerprint density at radius 1 is 1.50 bits per heavy atom. The van der Waals surface area contributed by atoms with E-state index in [1.165, 1.54) is 0 Å². The van der Waals surface area contributed by atoms with Gasteiger partial charge in [0.1, 0.15) is 12.4 Å². The molecule has 0 bridgehead atoms. The first-order chi connectivity index (χ1) is 8.56. The van der Waals surface area contributed by atoms with Gasteiger partial charge < -0.3 is 15.4 Å². The van der Waals surface area contributed by atoms with Crippen LogP contribution in [0.4, 0.5) is 0 Å². The van der Waals surface area contributed by atoms with E-state index in [1.54, 1.807) is 24.1 Å². The summed E-state index contributed by atoms with van der Waals surface area (Å²) in [6.45, 7) is 2.76. The van der Waals surface area contributed by atoms with E-state index >= 15 is 0 Å². The quantitative estimate of drug-likeness (QED) is 0.859. The van der Waals surface area contributed by atoms with E-state index in [2.05, 4.69) is 0 Å². The SMILES string of the molecule is CC[C@@H](N)C(=O)N(C)CCOc1ccccc1Cl. The molecule has 4 nitrogen and oxygen atoms in total. The monoisotopic (exact) mass is 270 g/mol. The second-order valence-electron chi connectivity index (χ2n) is 4.05. The number of para-hydroxylation sites is 1. The maximum Gasteiger partial charge on any atom is 0.239 e. The van der Waals surface area contributed by atoms with Crippen molar-refractivity contribution in [3.8, 4) is 5.75 Å². The Balaban J connectivity index is 2.38. The molecule has 0 fully saturated rings. The van der Waals surface area contributed by atoms with Crippen LogP contribution in [-0.4, -0.2) is 37.0 Å². The number of hydrogen-bond acceptors (Lipinski definition) is 3. The molecule has 0 aliphatic rings. The normalized spacial score (nSPS) is 12.0. The summed E-state index contributed by atoms with van der Waals surface area (Å²) in [5.41, 5.74) is 5.67. The number of benzene rings is 1. The number of carbonyl (C=O) groups is 1. The van der Waals surface area contributed by atoms with Crippen molar-refractivity contribution in [2.45, 2.75) is 19.4 Å². The highest BCUT2D eigenvalue weighted by Crippen LogP contribution is 2.22. The molecular weight excluding hydrogens is 252 g/mol. The Morgan fingerprint density at radius 2 is 2.17 bits per heavy atom. The summed E-state index contributed by atoms with van der Waals surface area (Å²) < 4.78 is 5.50. The first-order valence-corrected chi connectivity index (χ1v) is 6.32. The van der Waals surface area contributed by atoms with Crippen molar-refractivity contribution in [3.05, 3.63) is 29.3 Å². The molecule has 0 aromatic heterocycles. The number of hydrogen-bond donors (Lipinski definition) is 1. The van der Waals surface area contributed by atoms with E-state index in [4.69, 9.17) is 22.1 Å². The van der Waals surface area contributed by atoms with Gasteiger partial charge in [0.2, 0.25) is 5.91 Å². The van der Waals surface area contributed by atoms with Crippen LogP contribution in [0.2, 0.25) is 5.02 Å². The molecule has 1 aromatic rings. The number of nitrogens with two attached hydrogens (primary N) is 1. The molecule has 0 saturated heterocycles. The zero-order valence-corrected chi connectivity index (χ0v) is 11.5. The zero-order valence-electron chi connectivity index (χ0n) is 10.7. The van der Waals surface area contributed by atoms with Gasteiger partial charge in [-0.3, -0.25) is 4.79 Å². The van der Waals surface area contributed by atoms with Crippen molar-refractivity contribution in [3.63, 3.8) is 0 Å². The summed E-state index contributed by atoms with van der Waals surface area (Å²) in [6.07, 6.45) is 0.633. The maximum atomic E-state index is 11.7. The fraction of sp³-hybridized carbons (Fsp3) is 0.462. The highest BCUT2D eigenvalue weighted by Gasteiger charge is 2.15. The highest BCUT2D eigenvalue weighted by molar-refractivity contribution is 6.32. The van der Waals surface area contributed by atoms with E-state index in [9.17, 15) is 4.79 Å². The number of ether oxygens (including phenoxy) is 1. The van der Waals surface area contributed by atoms with Gasteiger partial charge >= 0.3 is 0 Å². The second-order valence-corrected chi connectivity index (χ2v) is 4.46. The lowest BCUT2D eigenvalue weighted by Crippen LogP contribution is -2.42. The summed E-state index contributed by atoms with van der Waals surface area (Å²) >= 11 is 5.95. The fourth-order valence-corrected chi connectivity index (χ4v) is 1.61. The van der Waals surface area contributed by atoms with E-state index in [0.717, 1.165) is 0 Å². The Hall–Kier alpha value is -1.26. The molecule has 5 heteroatoms. The Labute approximate surface area is 113 Å². The molecule has 1 aromatic carbocycles. The van der Waals surface area contributed by atoms with Crippen LogP contribution in [0.1, 0.15) is 13.3 Å². The van der Waals surface area contributed by atoms with Crippen molar-refractivity contribution in [1.82, 2.24) is 4.90 Å². The Morgan fingerprint density at radius 3 is 2.78 bits per heavy atom. The van der Waals surface area contributed by atoms with Crippen molar-refractivity contribution >= 4 is 17.5 Å². The summed E-state index contributed by atoms with van der Waals surface area (Å²) in [6, 6.07) is 6.81. The molecule has 1 atom stereocenters. The molecule has 18 heavy (non-hydrogen) atoms. The van der Waals surface area contributed by atoms with Crippen molar-refractivity contribution in [2.24, 2.45) is 5.73 Å². The van der Waals surface area contributed by atoms with Gasteiger partial charge in [0.05, 0.1) is 17.6 Å². The van der Waals surface area contributed by atoms with Gasteiger partial charge in [0, 0.05) is 7.05 Å². The largest absolute Gasteiger partial charge is 0.490 e. The highest BCUT2D eigenvalue weighted by atomic mass is 35.5. The van der Waals surface area contributed by atoms with Crippen LogP contribution in [0.3, 0.4) is 0 Å². The maximum absolute atomic E-state index is 11.7. The van der Waals surface area contributed by atoms with Gasteiger partial charge in [-0.25, -0.2) is 0 Å². The van der Waals surface area contributed by atoms with Gasteiger partial charge in [-0.15, -0.1) is 0 Å². The van der Waals surface area contributed by atoms with Crippen LogP contribution in [0.25, 0.3) is 0 Å². The van der Waals surface area contributed by atoms with Gasteiger partial charge in [0.15, 0.2) is 0 Å². The summed E-state index contributed by atoms with van der Waals surface area (Å²) in [7, 11) is 1.72. The molecule has 100 valence electrons.